The molecule has 1 heterocycles. The maximum atomic E-state index is 9.98. The summed E-state index contributed by atoms with van der Waals surface area (Å²) in [5.41, 5.74) is 1.49. The molecule has 2 aliphatic rings. The molecule has 1 saturated heterocycles. The maximum Gasteiger partial charge on any atom is 0.0695 e. The highest BCUT2D eigenvalue weighted by molar-refractivity contribution is 5.20. The zero-order chi connectivity index (χ0) is 12.4. The number of rotatable bonds is 2. The van der Waals surface area contributed by atoms with Gasteiger partial charge in [-0.2, -0.15) is 0 Å². The zero-order valence-electron chi connectivity index (χ0n) is 11.0. The lowest BCUT2D eigenvalue weighted by Crippen LogP contribution is -2.44. The molecule has 2 fully saturated rings. The molecular weight excluding hydrogens is 222 g/mol. The van der Waals surface area contributed by atoms with Gasteiger partial charge in [0.2, 0.25) is 0 Å². The number of aliphatic hydroxyl groups is 1. The van der Waals surface area contributed by atoms with Crippen LogP contribution in [0.25, 0.3) is 0 Å². The van der Waals surface area contributed by atoms with Crippen molar-refractivity contribution >= 4 is 0 Å². The third-order valence-electron chi connectivity index (χ3n) is 4.71. The van der Waals surface area contributed by atoms with Crippen molar-refractivity contribution < 1.29 is 5.11 Å². The third kappa shape index (κ3) is 2.45. The molecule has 1 aliphatic heterocycles. The Morgan fingerprint density at radius 1 is 0.944 bits per heavy atom. The van der Waals surface area contributed by atoms with Gasteiger partial charge in [-0.15, -0.1) is 0 Å². The van der Waals surface area contributed by atoms with Crippen LogP contribution in [0.3, 0.4) is 0 Å². The van der Waals surface area contributed by atoms with Gasteiger partial charge in [-0.3, -0.25) is 4.90 Å². The first-order chi connectivity index (χ1) is 8.84. The fraction of sp³-hybridized carbons (Fsp3) is 0.625. The topological polar surface area (TPSA) is 23.5 Å². The Kier molecular flexibility index (Phi) is 3.67. The largest absolute Gasteiger partial charge is 0.391 e. The SMILES string of the molecule is O[C@H]1CCC[C@@H]1N1CCC(c2ccccc2)CC1. The normalized spacial score (nSPS) is 30.7. The Balaban J connectivity index is 1.58. The van der Waals surface area contributed by atoms with Crippen molar-refractivity contribution in [3.05, 3.63) is 35.9 Å². The molecule has 3 rings (SSSR count). The number of piperidine rings is 1. The second-order valence-electron chi connectivity index (χ2n) is 5.79. The second kappa shape index (κ2) is 5.41. The summed E-state index contributed by atoms with van der Waals surface area (Å²) in [4.78, 5) is 2.52. The van der Waals surface area contributed by atoms with E-state index in [-0.39, 0.29) is 6.10 Å². The molecule has 0 bridgehead atoms. The van der Waals surface area contributed by atoms with Crippen molar-refractivity contribution in [3.63, 3.8) is 0 Å². The molecule has 1 aromatic carbocycles. The molecule has 0 unspecified atom stereocenters. The highest BCUT2D eigenvalue weighted by Gasteiger charge is 2.33. The first kappa shape index (κ1) is 12.2. The van der Waals surface area contributed by atoms with Gasteiger partial charge in [0.15, 0.2) is 0 Å². The molecule has 98 valence electrons. The summed E-state index contributed by atoms with van der Waals surface area (Å²) in [6.07, 6.45) is 5.81. The van der Waals surface area contributed by atoms with E-state index in [9.17, 15) is 5.11 Å². The van der Waals surface area contributed by atoms with E-state index < -0.39 is 0 Å². The molecule has 0 aromatic heterocycles. The zero-order valence-corrected chi connectivity index (χ0v) is 11.0. The van der Waals surface area contributed by atoms with Crippen LogP contribution in [0.4, 0.5) is 0 Å². The Morgan fingerprint density at radius 3 is 2.28 bits per heavy atom. The number of hydrogen-bond acceptors (Lipinski definition) is 2. The predicted molar refractivity (Wildman–Crippen MR) is 73.6 cm³/mol. The van der Waals surface area contributed by atoms with Crippen LogP contribution in [0.1, 0.15) is 43.6 Å². The van der Waals surface area contributed by atoms with Gasteiger partial charge in [-0.1, -0.05) is 30.3 Å². The number of likely N-dealkylation sites (tertiary alicyclic amines) is 1. The molecule has 1 N–H and O–H groups in total. The summed E-state index contributed by atoms with van der Waals surface area (Å²) in [5.74, 6) is 0.723. The molecule has 0 spiro atoms. The highest BCUT2D eigenvalue weighted by Crippen LogP contribution is 2.32. The Hall–Kier alpha value is -0.860. The van der Waals surface area contributed by atoms with Gasteiger partial charge >= 0.3 is 0 Å². The molecule has 0 amide bonds. The van der Waals surface area contributed by atoms with E-state index in [4.69, 9.17) is 0 Å². The standard InChI is InChI=1S/C16H23NO/c18-16-8-4-7-15(16)17-11-9-14(10-12-17)13-5-2-1-3-6-13/h1-3,5-6,14-16,18H,4,7-12H2/t15-,16-/m0/s1. The van der Waals surface area contributed by atoms with Crippen LogP contribution in [0.15, 0.2) is 30.3 Å². The number of benzene rings is 1. The molecule has 2 heteroatoms. The van der Waals surface area contributed by atoms with Gasteiger partial charge in [0.05, 0.1) is 6.10 Å². The molecule has 1 aliphatic carbocycles. The van der Waals surface area contributed by atoms with E-state index >= 15 is 0 Å². The van der Waals surface area contributed by atoms with E-state index in [2.05, 4.69) is 35.2 Å². The van der Waals surface area contributed by atoms with Gasteiger partial charge in [-0.25, -0.2) is 0 Å². The van der Waals surface area contributed by atoms with Crippen LogP contribution in [0, 0.1) is 0 Å². The minimum atomic E-state index is -0.0710. The average Bonchev–Trinajstić information content (AvgIpc) is 2.86. The van der Waals surface area contributed by atoms with Crippen molar-refractivity contribution in [3.8, 4) is 0 Å². The van der Waals surface area contributed by atoms with Gasteiger partial charge in [0.1, 0.15) is 0 Å². The first-order valence-electron chi connectivity index (χ1n) is 7.31. The van der Waals surface area contributed by atoms with Crippen molar-refractivity contribution in [2.75, 3.05) is 13.1 Å². The first-order valence-corrected chi connectivity index (χ1v) is 7.31. The highest BCUT2D eigenvalue weighted by atomic mass is 16.3. The summed E-state index contributed by atoms with van der Waals surface area (Å²) in [6, 6.07) is 11.3. The monoisotopic (exact) mass is 245 g/mol. The lowest BCUT2D eigenvalue weighted by atomic mass is 9.89. The van der Waals surface area contributed by atoms with E-state index in [0.29, 0.717) is 6.04 Å². The van der Waals surface area contributed by atoms with Crippen LogP contribution in [0.5, 0.6) is 0 Å². The fourth-order valence-corrected chi connectivity index (χ4v) is 3.64. The quantitative estimate of drug-likeness (QED) is 0.866. The van der Waals surface area contributed by atoms with E-state index in [0.717, 1.165) is 25.4 Å². The average molecular weight is 245 g/mol. The van der Waals surface area contributed by atoms with Crippen LogP contribution in [-0.2, 0) is 0 Å². The molecule has 2 atom stereocenters. The van der Waals surface area contributed by atoms with Crippen LogP contribution in [-0.4, -0.2) is 35.2 Å². The van der Waals surface area contributed by atoms with Crippen LogP contribution < -0.4 is 0 Å². The number of nitrogens with zero attached hydrogens (tertiary/aromatic N) is 1. The van der Waals surface area contributed by atoms with E-state index in [1.54, 1.807) is 0 Å². The summed E-state index contributed by atoms with van der Waals surface area (Å²) in [7, 11) is 0. The van der Waals surface area contributed by atoms with Crippen molar-refractivity contribution in [1.82, 2.24) is 4.90 Å². The summed E-state index contributed by atoms with van der Waals surface area (Å²) in [5, 5.41) is 9.98. The van der Waals surface area contributed by atoms with Crippen LogP contribution in [0.2, 0.25) is 0 Å². The number of aliphatic hydroxyl groups excluding tert-OH is 1. The lowest BCUT2D eigenvalue weighted by molar-refractivity contribution is 0.0552. The Morgan fingerprint density at radius 2 is 1.67 bits per heavy atom. The maximum absolute atomic E-state index is 9.98. The number of hydrogen-bond donors (Lipinski definition) is 1. The van der Waals surface area contributed by atoms with Gasteiger partial charge in [0.25, 0.3) is 0 Å². The molecule has 1 saturated carbocycles. The van der Waals surface area contributed by atoms with Crippen molar-refractivity contribution in [2.45, 2.75) is 50.2 Å². The smallest absolute Gasteiger partial charge is 0.0695 e. The van der Waals surface area contributed by atoms with Crippen molar-refractivity contribution in [1.29, 1.82) is 0 Å². The minimum absolute atomic E-state index is 0.0710. The van der Waals surface area contributed by atoms with Gasteiger partial charge in [-0.05, 0) is 56.7 Å². The summed E-state index contributed by atoms with van der Waals surface area (Å²) >= 11 is 0. The predicted octanol–water partition coefficient (Wildman–Crippen LogP) is 2.78. The molecule has 0 radical (unpaired) electrons. The minimum Gasteiger partial charge on any atom is -0.391 e. The van der Waals surface area contributed by atoms with Gasteiger partial charge in [0, 0.05) is 6.04 Å². The lowest BCUT2D eigenvalue weighted by Gasteiger charge is -2.37. The second-order valence-corrected chi connectivity index (χ2v) is 5.79. The Bertz CT molecular complexity index is 370. The Labute approximate surface area is 110 Å². The molecule has 2 nitrogen and oxygen atoms in total. The molecular formula is C16H23NO. The van der Waals surface area contributed by atoms with E-state index in [1.165, 1.54) is 31.2 Å². The third-order valence-corrected chi connectivity index (χ3v) is 4.71. The van der Waals surface area contributed by atoms with Gasteiger partial charge < -0.3 is 5.11 Å². The van der Waals surface area contributed by atoms with E-state index in [1.807, 2.05) is 0 Å². The fourth-order valence-electron chi connectivity index (χ4n) is 3.64. The molecule has 18 heavy (non-hydrogen) atoms. The summed E-state index contributed by atoms with van der Waals surface area (Å²) < 4.78 is 0. The van der Waals surface area contributed by atoms with Crippen molar-refractivity contribution in [2.24, 2.45) is 0 Å². The van der Waals surface area contributed by atoms with Crippen LogP contribution >= 0.6 is 0 Å². The molecule has 1 aromatic rings. The summed E-state index contributed by atoms with van der Waals surface area (Å²) in [6.45, 7) is 2.31.